The molecular formula is C21H14N4O. The van der Waals surface area contributed by atoms with Gasteiger partial charge in [-0.1, -0.05) is 18.2 Å². The maximum absolute atomic E-state index is 12.9. The average molecular weight is 338 g/mol. The lowest BCUT2D eigenvalue weighted by molar-refractivity contribution is 0.0950. The number of nitrogens with zero attached hydrogens (tertiary/aromatic N) is 4. The Kier molecular flexibility index (Phi) is 3.18. The summed E-state index contributed by atoms with van der Waals surface area (Å²) in [5, 5.41) is 6.15. The first kappa shape index (κ1) is 14.6. The summed E-state index contributed by atoms with van der Waals surface area (Å²) in [6, 6.07) is 21.2. The van der Waals surface area contributed by atoms with E-state index in [0.29, 0.717) is 11.2 Å². The van der Waals surface area contributed by atoms with Gasteiger partial charge in [0.05, 0.1) is 11.7 Å². The predicted octanol–water partition coefficient (Wildman–Crippen LogP) is 4.06. The molecule has 0 unspecified atom stereocenters. The largest absolute Gasteiger partial charge is 0.324 e. The zero-order chi connectivity index (χ0) is 17.5. The molecular weight excluding hydrogens is 324 g/mol. The molecule has 26 heavy (non-hydrogen) atoms. The molecule has 3 aromatic heterocycles. The van der Waals surface area contributed by atoms with Crippen molar-refractivity contribution in [2.45, 2.75) is 0 Å². The number of rotatable bonds is 2. The lowest BCUT2D eigenvalue weighted by Crippen LogP contribution is -2.14. The number of hydrogen-bond acceptors (Lipinski definition) is 3. The fraction of sp³-hybridized carbons (Fsp3) is 0. The first-order valence-electron chi connectivity index (χ1n) is 8.31. The lowest BCUT2D eigenvalue weighted by Gasteiger charge is -2.06. The molecule has 124 valence electrons. The molecule has 5 aromatic rings. The Morgan fingerprint density at radius 3 is 2.42 bits per heavy atom. The minimum Gasteiger partial charge on any atom is -0.324 e. The van der Waals surface area contributed by atoms with Crippen molar-refractivity contribution >= 4 is 27.8 Å². The summed E-state index contributed by atoms with van der Waals surface area (Å²) >= 11 is 0. The van der Waals surface area contributed by atoms with Crippen LogP contribution in [0.25, 0.3) is 27.6 Å². The van der Waals surface area contributed by atoms with Crippen molar-refractivity contribution in [3.8, 4) is 5.69 Å². The Labute approximate surface area is 149 Å². The average Bonchev–Trinajstić information content (AvgIpc) is 3.36. The summed E-state index contributed by atoms with van der Waals surface area (Å²) in [4.78, 5) is 17.5. The van der Waals surface area contributed by atoms with Gasteiger partial charge in [0.2, 0.25) is 0 Å². The van der Waals surface area contributed by atoms with Crippen LogP contribution in [0, 0.1) is 0 Å². The van der Waals surface area contributed by atoms with Crippen molar-refractivity contribution in [3.63, 3.8) is 0 Å². The quantitative estimate of drug-likeness (QED) is 0.488. The first-order chi connectivity index (χ1) is 12.8. The summed E-state index contributed by atoms with van der Waals surface area (Å²) in [5.74, 6) is -0.193. The fourth-order valence-electron chi connectivity index (χ4n) is 3.12. The third kappa shape index (κ3) is 2.29. The number of fused-ring (bicyclic) bond motifs is 2. The SMILES string of the molecule is O=C(c1ccc(-n2cccc2)cc1)n1ncc2cc3ccccc3nc21. The van der Waals surface area contributed by atoms with Crippen molar-refractivity contribution in [2.24, 2.45) is 0 Å². The van der Waals surface area contributed by atoms with Crippen LogP contribution in [-0.4, -0.2) is 25.2 Å². The van der Waals surface area contributed by atoms with Crippen LogP contribution in [0.5, 0.6) is 0 Å². The van der Waals surface area contributed by atoms with E-state index in [1.165, 1.54) is 4.68 Å². The Bertz CT molecular complexity index is 1230. The van der Waals surface area contributed by atoms with Gasteiger partial charge in [0, 0.05) is 34.4 Å². The van der Waals surface area contributed by atoms with Crippen LogP contribution in [0.15, 0.2) is 85.3 Å². The van der Waals surface area contributed by atoms with Gasteiger partial charge < -0.3 is 4.57 Å². The second-order valence-corrected chi connectivity index (χ2v) is 6.09. The van der Waals surface area contributed by atoms with Crippen LogP contribution in [0.4, 0.5) is 0 Å². The second-order valence-electron chi connectivity index (χ2n) is 6.09. The predicted molar refractivity (Wildman–Crippen MR) is 101 cm³/mol. The molecule has 0 fully saturated rings. The summed E-state index contributed by atoms with van der Waals surface area (Å²) in [6.45, 7) is 0. The number of hydrogen-bond donors (Lipinski definition) is 0. The smallest absolute Gasteiger partial charge is 0.280 e. The van der Waals surface area contributed by atoms with Gasteiger partial charge in [0.25, 0.3) is 5.91 Å². The Balaban J connectivity index is 1.56. The summed E-state index contributed by atoms with van der Waals surface area (Å²) in [5.41, 5.74) is 2.99. The molecule has 5 heteroatoms. The van der Waals surface area contributed by atoms with Gasteiger partial charge >= 0.3 is 0 Å². The first-order valence-corrected chi connectivity index (χ1v) is 8.31. The Hall–Kier alpha value is -3.73. The molecule has 0 amide bonds. The molecule has 0 N–H and O–H groups in total. The van der Waals surface area contributed by atoms with Crippen LogP contribution in [0.1, 0.15) is 10.4 Å². The van der Waals surface area contributed by atoms with Gasteiger partial charge in [-0.15, -0.1) is 0 Å². The van der Waals surface area contributed by atoms with Crippen molar-refractivity contribution in [2.75, 3.05) is 0 Å². The van der Waals surface area contributed by atoms with E-state index in [0.717, 1.165) is 22.0 Å². The van der Waals surface area contributed by atoms with E-state index in [2.05, 4.69) is 10.1 Å². The van der Waals surface area contributed by atoms with Crippen molar-refractivity contribution in [1.82, 2.24) is 19.3 Å². The Morgan fingerprint density at radius 2 is 1.62 bits per heavy atom. The van der Waals surface area contributed by atoms with Gasteiger partial charge in [-0.2, -0.15) is 9.78 Å². The second kappa shape index (κ2) is 5.67. The molecule has 2 aromatic carbocycles. The third-order valence-electron chi connectivity index (χ3n) is 4.45. The van der Waals surface area contributed by atoms with E-state index in [4.69, 9.17) is 0 Å². The van der Waals surface area contributed by atoms with Crippen molar-refractivity contribution < 1.29 is 4.79 Å². The molecule has 0 saturated carbocycles. The zero-order valence-electron chi connectivity index (χ0n) is 13.8. The van der Waals surface area contributed by atoms with Crippen molar-refractivity contribution in [3.05, 3.63) is 90.9 Å². The molecule has 0 aliphatic carbocycles. The third-order valence-corrected chi connectivity index (χ3v) is 4.45. The summed E-state index contributed by atoms with van der Waals surface area (Å²) in [6.07, 6.45) is 5.61. The normalized spacial score (nSPS) is 11.2. The minimum atomic E-state index is -0.193. The highest BCUT2D eigenvalue weighted by Crippen LogP contribution is 2.20. The number of aromatic nitrogens is 4. The fourth-order valence-corrected chi connectivity index (χ4v) is 3.12. The highest BCUT2D eigenvalue weighted by Gasteiger charge is 2.15. The highest BCUT2D eigenvalue weighted by atomic mass is 16.2. The maximum atomic E-state index is 12.9. The minimum absolute atomic E-state index is 0.193. The van der Waals surface area contributed by atoms with E-state index in [-0.39, 0.29) is 5.91 Å². The number of carbonyl (C=O) groups excluding carboxylic acids is 1. The van der Waals surface area contributed by atoms with Crippen LogP contribution in [-0.2, 0) is 0 Å². The van der Waals surface area contributed by atoms with E-state index in [1.54, 1.807) is 6.20 Å². The van der Waals surface area contributed by atoms with Crippen LogP contribution >= 0.6 is 0 Å². The van der Waals surface area contributed by atoms with E-state index < -0.39 is 0 Å². The highest BCUT2D eigenvalue weighted by molar-refractivity contribution is 6.02. The number of para-hydroxylation sites is 1. The van der Waals surface area contributed by atoms with E-state index in [9.17, 15) is 4.79 Å². The molecule has 5 nitrogen and oxygen atoms in total. The summed E-state index contributed by atoms with van der Waals surface area (Å²) < 4.78 is 3.36. The number of benzene rings is 2. The van der Waals surface area contributed by atoms with E-state index >= 15 is 0 Å². The lowest BCUT2D eigenvalue weighted by atomic mass is 10.2. The van der Waals surface area contributed by atoms with Gasteiger partial charge in [0.1, 0.15) is 0 Å². The maximum Gasteiger partial charge on any atom is 0.280 e. The molecule has 0 atom stereocenters. The van der Waals surface area contributed by atoms with Crippen LogP contribution in [0.2, 0.25) is 0 Å². The van der Waals surface area contributed by atoms with E-state index in [1.807, 2.05) is 83.7 Å². The van der Waals surface area contributed by atoms with Crippen LogP contribution < -0.4 is 0 Å². The number of carbonyl (C=O) groups is 1. The van der Waals surface area contributed by atoms with Gasteiger partial charge in [-0.3, -0.25) is 4.79 Å². The molecule has 0 saturated heterocycles. The molecule has 0 spiro atoms. The molecule has 0 aliphatic heterocycles. The zero-order valence-corrected chi connectivity index (χ0v) is 13.8. The molecule has 5 rings (SSSR count). The van der Waals surface area contributed by atoms with Gasteiger partial charge in [-0.25, -0.2) is 4.98 Å². The number of pyridine rings is 1. The Morgan fingerprint density at radius 1 is 0.846 bits per heavy atom. The van der Waals surface area contributed by atoms with Gasteiger partial charge in [0.15, 0.2) is 5.65 Å². The standard InChI is InChI=1S/C21H14N4O/c26-21(15-7-9-18(10-8-15)24-11-3-4-12-24)25-20-17(14-22-25)13-16-5-1-2-6-19(16)23-20/h1-14H. The molecule has 0 aliphatic rings. The summed E-state index contributed by atoms with van der Waals surface area (Å²) in [7, 11) is 0. The molecule has 0 bridgehead atoms. The topological polar surface area (TPSA) is 52.7 Å². The molecule has 0 radical (unpaired) electrons. The monoisotopic (exact) mass is 338 g/mol. The van der Waals surface area contributed by atoms with Crippen molar-refractivity contribution in [1.29, 1.82) is 0 Å². The van der Waals surface area contributed by atoms with Crippen LogP contribution in [0.3, 0.4) is 0 Å². The van der Waals surface area contributed by atoms with Gasteiger partial charge in [-0.05, 0) is 48.5 Å². The molecule has 3 heterocycles.